The molecular formula is C23H27N5O3S. The smallest absolute Gasteiger partial charge is 0.265 e. The molecule has 1 aliphatic heterocycles. The van der Waals surface area contributed by atoms with Crippen molar-refractivity contribution < 1.29 is 14.1 Å². The second-order valence-electron chi connectivity index (χ2n) is 7.99. The van der Waals surface area contributed by atoms with Crippen molar-refractivity contribution in [2.24, 2.45) is 0 Å². The zero-order chi connectivity index (χ0) is 22.5. The summed E-state index contributed by atoms with van der Waals surface area (Å²) in [7, 11) is 0. The van der Waals surface area contributed by atoms with E-state index >= 15 is 0 Å². The van der Waals surface area contributed by atoms with E-state index in [1.54, 1.807) is 4.90 Å². The summed E-state index contributed by atoms with van der Waals surface area (Å²) in [6.07, 6.45) is 2.57. The minimum atomic E-state index is -0.0591. The molecule has 2 amide bonds. The standard InChI is InChI=1S/C23H27N5O3S/c1-15-20(32-16(2)25-15)23(30)28-13-6-9-18(10-12-24-19(29)11-14-28)22-26-21(27-31-22)17-7-4-3-5-8-17/h3-5,7-8,18H,6,9-14H2,1-2H3,(H,24,29). The summed E-state index contributed by atoms with van der Waals surface area (Å²) in [4.78, 5) is 36.8. The molecular weight excluding hydrogens is 426 g/mol. The molecule has 1 aromatic carbocycles. The first-order valence-corrected chi connectivity index (χ1v) is 11.7. The Kier molecular flexibility index (Phi) is 6.94. The zero-order valence-electron chi connectivity index (χ0n) is 18.3. The summed E-state index contributed by atoms with van der Waals surface area (Å²) in [5.74, 6) is 1.04. The number of thiazole rings is 1. The summed E-state index contributed by atoms with van der Waals surface area (Å²) in [5.41, 5.74) is 1.65. The first kappa shape index (κ1) is 22.1. The van der Waals surface area contributed by atoms with Crippen LogP contribution in [0.1, 0.15) is 57.9 Å². The average Bonchev–Trinajstić information content (AvgIpc) is 3.40. The Balaban J connectivity index is 1.49. The summed E-state index contributed by atoms with van der Waals surface area (Å²) in [5, 5.41) is 7.97. The van der Waals surface area contributed by atoms with Crippen LogP contribution in [0, 0.1) is 13.8 Å². The van der Waals surface area contributed by atoms with Crippen LogP contribution in [0.4, 0.5) is 0 Å². The van der Waals surface area contributed by atoms with Crippen LogP contribution in [-0.2, 0) is 4.79 Å². The Morgan fingerprint density at radius 1 is 1.16 bits per heavy atom. The Hall–Kier alpha value is -3.07. The Morgan fingerprint density at radius 3 is 2.72 bits per heavy atom. The monoisotopic (exact) mass is 453 g/mol. The number of hydrogen-bond acceptors (Lipinski definition) is 7. The second kappa shape index (κ2) is 10.0. The zero-order valence-corrected chi connectivity index (χ0v) is 19.2. The van der Waals surface area contributed by atoms with Gasteiger partial charge in [-0.2, -0.15) is 4.98 Å². The lowest BCUT2D eigenvalue weighted by Gasteiger charge is -2.22. The topological polar surface area (TPSA) is 101 Å². The number of nitrogens with one attached hydrogen (secondary N) is 1. The van der Waals surface area contributed by atoms with Crippen LogP contribution in [0.15, 0.2) is 34.9 Å². The van der Waals surface area contributed by atoms with Crippen molar-refractivity contribution in [3.05, 3.63) is 51.8 Å². The number of carbonyl (C=O) groups is 2. The molecule has 1 N–H and O–H groups in total. The lowest BCUT2D eigenvalue weighted by molar-refractivity contribution is -0.121. The van der Waals surface area contributed by atoms with Gasteiger partial charge in [-0.1, -0.05) is 35.5 Å². The van der Waals surface area contributed by atoms with Gasteiger partial charge in [0, 0.05) is 37.5 Å². The quantitative estimate of drug-likeness (QED) is 0.649. The van der Waals surface area contributed by atoms with Gasteiger partial charge in [-0.05, 0) is 33.1 Å². The van der Waals surface area contributed by atoms with Gasteiger partial charge in [0.15, 0.2) is 0 Å². The van der Waals surface area contributed by atoms with Gasteiger partial charge in [0.1, 0.15) is 4.88 Å². The first-order chi connectivity index (χ1) is 15.5. The molecule has 4 rings (SSSR count). The van der Waals surface area contributed by atoms with Gasteiger partial charge in [0.05, 0.1) is 10.7 Å². The number of amides is 2. The van der Waals surface area contributed by atoms with Crippen molar-refractivity contribution in [2.75, 3.05) is 19.6 Å². The molecule has 0 aliphatic carbocycles. The SMILES string of the molecule is Cc1nc(C)c(C(=O)N2CCCC(c3nc(-c4ccccc4)no3)CCNC(=O)CC2)s1. The molecule has 8 nitrogen and oxygen atoms in total. The van der Waals surface area contributed by atoms with Crippen molar-refractivity contribution >= 4 is 23.2 Å². The molecule has 0 radical (unpaired) electrons. The third-order valence-electron chi connectivity index (χ3n) is 5.61. The minimum Gasteiger partial charge on any atom is -0.356 e. The fourth-order valence-electron chi connectivity index (χ4n) is 3.92. The maximum Gasteiger partial charge on any atom is 0.265 e. The van der Waals surface area contributed by atoms with Gasteiger partial charge in [-0.25, -0.2) is 4.98 Å². The highest BCUT2D eigenvalue weighted by Gasteiger charge is 2.25. The first-order valence-electron chi connectivity index (χ1n) is 10.9. The lowest BCUT2D eigenvalue weighted by atomic mass is 9.99. The number of benzene rings is 1. The van der Waals surface area contributed by atoms with Crippen LogP contribution in [0.5, 0.6) is 0 Å². The number of nitrogens with zero attached hydrogens (tertiary/aromatic N) is 4. The maximum absolute atomic E-state index is 13.1. The van der Waals surface area contributed by atoms with Crippen LogP contribution in [-0.4, -0.2) is 51.5 Å². The largest absolute Gasteiger partial charge is 0.356 e. The molecule has 2 aromatic heterocycles. The summed E-state index contributed by atoms with van der Waals surface area (Å²) in [6.45, 7) is 5.25. The molecule has 1 atom stereocenters. The predicted octanol–water partition coefficient (Wildman–Crippen LogP) is 3.73. The fraction of sp³-hybridized carbons (Fsp3) is 0.435. The van der Waals surface area contributed by atoms with E-state index in [4.69, 9.17) is 4.52 Å². The van der Waals surface area contributed by atoms with E-state index in [2.05, 4.69) is 20.4 Å². The molecule has 168 valence electrons. The van der Waals surface area contributed by atoms with Crippen LogP contribution < -0.4 is 5.32 Å². The van der Waals surface area contributed by atoms with Crippen LogP contribution in [0.3, 0.4) is 0 Å². The summed E-state index contributed by atoms with van der Waals surface area (Å²) in [6, 6.07) is 9.70. The Bertz CT molecular complexity index is 1080. The number of aromatic nitrogens is 3. The van der Waals surface area contributed by atoms with Crippen molar-refractivity contribution in [2.45, 2.75) is 45.4 Å². The molecule has 1 saturated heterocycles. The van der Waals surface area contributed by atoms with Gasteiger partial charge >= 0.3 is 0 Å². The average molecular weight is 454 g/mol. The molecule has 0 bridgehead atoms. The van der Waals surface area contributed by atoms with Gasteiger partial charge < -0.3 is 14.7 Å². The van der Waals surface area contributed by atoms with E-state index in [1.165, 1.54) is 11.3 Å². The van der Waals surface area contributed by atoms with Crippen LogP contribution >= 0.6 is 11.3 Å². The second-order valence-corrected chi connectivity index (χ2v) is 9.19. The van der Waals surface area contributed by atoms with E-state index in [0.29, 0.717) is 42.6 Å². The molecule has 9 heteroatoms. The summed E-state index contributed by atoms with van der Waals surface area (Å²) >= 11 is 1.40. The van der Waals surface area contributed by atoms with E-state index in [0.717, 1.165) is 29.1 Å². The van der Waals surface area contributed by atoms with E-state index in [-0.39, 0.29) is 24.2 Å². The van der Waals surface area contributed by atoms with Crippen LogP contribution in [0.2, 0.25) is 0 Å². The molecule has 0 spiro atoms. The van der Waals surface area contributed by atoms with E-state index in [9.17, 15) is 9.59 Å². The third kappa shape index (κ3) is 5.21. The molecule has 1 aliphatic rings. The molecule has 3 aromatic rings. The van der Waals surface area contributed by atoms with E-state index < -0.39 is 0 Å². The van der Waals surface area contributed by atoms with Crippen molar-refractivity contribution in [3.8, 4) is 11.4 Å². The Morgan fingerprint density at radius 2 is 1.97 bits per heavy atom. The fourth-order valence-corrected chi connectivity index (χ4v) is 4.81. The van der Waals surface area contributed by atoms with Crippen molar-refractivity contribution in [1.29, 1.82) is 0 Å². The molecule has 3 heterocycles. The molecule has 1 fully saturated rings. The summed E-state index contributed by atoms with van der Waals surface area (Å²) < 4.78 is 5.59. The Labute approximate surface area is 191 Å². The van der Waals surface area contributed by atoms with Gasteiger partial charge in [-0.15, -0.1) is 11.3 Å². The van der Waals surface area contributed by atoms with Crippen molar-refractivity contribution in [1.82, 2.24) is 25.3 Å². The third-order valence-corrected chi connectivity index (χ3v) is 6.67. The minimum absolute atomic E-state index is 0.0164. The number of carbonyl (C=O) groups excluding carboxylic acids is 2. The highest BCUT2D eigenvalue weighted by atomic mass is 32.1. The van der Waals surface area contributed by atoms with Crippen LogP contribution in [0.25, 0.3) is 11.4 Å². The number of rotatable bonds is 3. The normalized spacial score (nSPS) is 18.1. The molecule has 0 saturated carbocycles. The number of hydrogen-bond donors (Lipinski definition) is 1. The molecule has 32 heavy (non-hydrogen) atoms. The van der Waals surface area contributed by atoms with Gasteiger partial charge in [0.2, 0.25) is 17.6 Å². The van der Waals surface area contributed by atoms with Gasteiger partial charge in [0.25, 0.3) is 5.91 Å². The van der Waals surface area contributed by atoms with E-state index in [1.807, 2.05) is 44.2 Å². The molecule has 1 unspecified atom stereocenters. The highest BCUT2D eigenvalue weighted by molar-refractivity contribution is 7.13. The number of aryl methyl sites for hydroxylation is 2. The lowest BCUT2D eigenvalue weighted by Crippen LogP contribution is -2.35. The maximum atomic E-state index is 13.1. The highest BCUT2D eigenvalue weighted by Crippen LogP contribution is 2.27. The van der Waals surface area contributed by atoms with Crippen molar-refractivity contribution in [3.63, 3.8) is 0 Å². The predicted molar refractivity (Wildman–Crippen MR) is 121 cm³/mol. The van der Waals surface area contributed by atoms with Gasteiger partial charge in [-0.3, -0.25) is 9.59 Å².